The van der Waals surface area contributed by atoms with Crippen LogP contribution in [0, 0.1) is 5.82 Å². The highest BCUT2D eigenvalue weighted by Gasteiger charge is 2.38. The lowest BCUT2D eigenvalue weighted by Gasteiger charge is -2.25. The van der Waals surface area contributed by atoms with Crippen LogP contribution in [-0.4, -0.2) is 71.6 Å². The molecule has 7 heteroatoms. The van der Waals surface area contributed by atoms with Crippen molar-refractivity contribution in [1.29, 1.82) is 0 Å². The van der Waals surface area contributed by atoms with Crippen LogP contribution in [0.4, 0.5) is 4.39 Å². The number of benzene rings is 1. The van der Waals surface area contributed by atoms with E-state index in [2.05, 4.69) is 10.2 Å². The third-order valence-corrected chi connectivity index (χ3v) is 4.95. The zero-order valence-electron chi connectivity index (χ0n) is 14.2. The number of aliphatic hydroxyl groups excluding tert-OH is 1. The lowest BCUT2D eigenvalue weighted by atomic mass is 10.2. The van der Waals surface area contributed by atoms with Crippen molar-refractivity contribution in [3.05, 3.63) is 35.6 Å². The third kappa shape index (κ3) is 4.35. The van der Waals surface area contributed by atoms with Gasteiger partial charge in [0, 0.05) is 31.6 Å². The van der Waals surface area contributed by atoms with E-state index >= 15 is 0 Å². The van der Waals surface area contributed by atoms with Crippen molar-refractivity contribution < 1.29 is 19.1 Å². The van der Waals surface area contributed by atoms with Crippen LogP contribution in [0.15, 0.2) is 24.3 Å². The van der Waals surface area contributed by atoms with Gasteiger partial charge in [-0.25, -0.2) is 4.39 Å². The van der Waals surface area contributed by atoms with Crippen molar-refractivity contribution in [3.63, 3.8) is 0 Å². The first-order valence-electron chi connectivity index (χ1n) is 8.78. The highest BCUT2D eigenvalue weighted by Crippen LogP contribution is 2.21. The number of nitrogens with zero attached hydrogens (tertiary/aromatic N) is 2. The standard InChI is InChI=1S/C18H24FN3O3/c19-14-5-3-13(4-6-14)18(25)20-8-7-17(24)22-11-15(16(23)12-22)21-9-1-2-10-21/h3-6,15-16,23H,1-2,7-12H2,(H,20,25)/t15-,16-/m0/s1. The highest BCUT2D eigenvalue weighted by atomic mass is 19.1. The fraction of sp³-hybridized carbons (Fsp3) is 0.556. The number of nitrogens with one attached hydrogen (secondary N) is 1. The van der Waals surface area contributed by atoms with E-state index in [1.54, 1.807) is 4.90 Å². The monoisotopic (exact) mass is 349 g/mol. The van der Waals surface area contributed by atoms with E-state index in [0.29, 0.717) is 18.7 Å². The first-order chi connectivity index (χ1) is 12.0. The number of halogens is 1. The van der Waals surface area contributed by atoms with Crippen LogP contribution in [0.1, 0.15) is 29.6 Å². The summed E-state index contributed by atoms with van der Waals surface area (Å²) in [6, 6.07) is 5.29. The molecule has 0 aliphatic carbocycles. The summed E-state index contributed by atoms with van der Waals surface area (Å²) in [5, 5.41) is 12.9. The van der Waals surface area contributed by atoms with Crippen molar-refractivity contribution in [2.24, 2.45) is 0 Å². The molecule has 1 aromatic carbocycles. The van der Waals surface area contributed by atoms with Crippen LogP contribution in [0.2, 0.25) is 0 Å². The highest BCUT2D eigenvalue weighted by molar-refractivity contribution is 5.94. The molecule has 1 aromatic rings. The van der Waals surface area contributed by atoms with Crippen molar-refractivity contribution >= 4 is 11.8 Å². The molecule has 2 aliphatic heterocycles. The van der Waals surface area contributed by atoms with Gasteiger partial charge in [0.1, 0.15) is 5.82 Å². The van der Waals surface area contributed by atoms with Gasteiger partial charge in [0.2, 0.25) is 5.91 Å². The van der Waals surface area contributed by atoms with Gasteiger partial charge in [-0.15, -0.1) is 0 Å². The molecule has 0 radical (unpaired) electrons. The molecule has 3 rings (SSSR count). The Bertz CT molecular complexity index is 616. The molecule has 0 unspecified atom stereocenters. The van der Waals surface area contributed by atoms with E-state index in [-0.39, 0.29) is 30.8 Å². The van der Waals surface area contributed by atoms with Crippen molar-refractivity contribution in [2.75, 3.05) is 32.7 Å². The fourth-order valence-corrected chi connectivity index (χ4v) is 3.55. The summed E-state index contributed by atoms with van der Waals surface area (Å²) in [5.74, 6) is -0.795. The summed E-state index contributed by atoms with van der Waals surface area (Å²) in [4.78, 5) is 28.2. The number of hydrogen-bond donors (Lipinski definition) is 2. The number of amides is 2. The smallest absolute Gasteiger partial charge is 0.251 e. The third-order valence-electron chi connectivity index (χ3n) is 4.95. The summed E-state index contributed by atoms with van der Waals surface area (Å²) in [5.41, 5.74) is 0.361. The molecule has 136 valence electrons. The Hall–Kier alpha value is -1.99. The first kappa shape index (κ1) is 17.8. The molecule has 6 nitrogen and oxygen atoms in total. The van der Waals surface area contributed by atoms with E-state index in [4.69, 9.17) is 0 Å². The summed E-state index contributed by atoms with van der Waals surface area (Å²) >= 11 is 0. The maximum absolute atomic E-state index is 12.9. The van der Waals surface area contributed by atoms with E-state index in [9.17, 15) is 19.1 Å². The van der Waals surface area contributed by atoms with Crippen molar-refractivity contribution in [3.8, 4) is 0 Å². The van der Waals surface area contributed by atoms with E-state index in [1.807, 2.05) is 0 Å². The predicted molar refractivity (Wildman–Crippen MR) is 90.5 cm³/mol. The van der Waals surface area contributed by atoms with Crippen LogP contribution in [0.25, 0.3) is 0 Å². The van der Waals surface area contributed by atoms with Gasteiger partial charge in [0.05, 0.1) is 12.1 Å². The minimum atomic E-state index is -0.504. The minimum Gasteiger partial charge on any atom is -0.390 e. The normalized spacial score (nSPS) is 23.8. The first-order valence-corrected chi connectivity index (χ1v) is 8.78. The number of β-amino-alcohol motifs (C(OH)–C–C–N with tert-alkyl or cyclic N) is 1. The van der Waals surface area contributed by atoms with Crippen LogP contribution >= 0.6 is 0 Å². The summed E-state index contributed by atoms with van der Waals surface area (Å²) < 4.78 is 12.9. The van der Waals surface area contributed by atoms with Gasteiger partial charge in [-0.2, -0.15) is 0 Å². The molecule has 0 aromatic heterocycles. The topological polar surface area (TPSA) is 72.9 Å². The Kier molecular flexibility index (Phi) is 5.65. The SMILES string of the molecule is O=C(NCCC(=O)N1C[C@H](O)[C@@H](N2CCCC2)C1)c1ccc(F)cc1. The Morgan fingerprint density at radius 2 is 1.84 bits per heavy atom. The summed E-state index contributed by atoms with van der Waals surface area (Å²) in [6.07, 6.45) is 1.97. The Balaban J connectivity index is 1.43. The fourth-order valence-electron chi connectivity index (χ4n) is 3.55. The zero-order chi connectivity index (χ0) is 17.8. The van der Waals surface area contributed by atoms with Gasteiger partial charge in [0.25, 0.3) is 5.91 Å². The van der Waals surface area contributed by atoms with Crippen LogP contribution in [-0.2, 0) is 4.79 Å². The molecule has 25 heavy (non-hydrogen) atoms. The van der Waals surface area contributed by atoms with E-state index < -0.39 is 11.9 Å². The second-order valence-electron chi connectivity index (χ2n) is 6.69. The molecule has 0 saturated carbocycles. The van der Waals surface area contributed by atoms with Crippen LogP contribution in [0.5, 0.6) is 0 Å². The second-order valence-corrected chi connectivity index (χ2v) is 6.69. The predicted octanol–water partition coefficient (Wildman–Crippen LogP) is 0.613. The van der Waals surface area contributed by atoms with Crippen molar-refractivity contribution in [2.45, 2.75) is 31.4 Å². The molecule has 2 aliphatic rings. The summed E-state index contributed by atoms with van der Waals surface area (Å²) in [7, 11) is 0. The molecule has 2 amide bonds. The molecule has 0 spiro atoms. The maximum atomic E-state index is 12.9. The zero-order valence-corrected chi connectivity index (χ0v) is 14.2. The van der Waals surface area contributed by atoms with E-state index in [1.165, 1.54) is 24.3 Å². The number of aliphatic hydroxyl groups is 1. The molecule has 2 atom stereocenters. The average molecular weight is 349 g/mol. The van der Waals surface area contributed by atoms with Crippen molar-refractivity contribution in [1.82, 2.24) is 15.1 Å². The van der Waals surface area contributed by atoms with Gasteiger partial charge in [-0.05, 0) is 50.2 Å². The second kappa shape index (κ2) is 7.93. The Morgan fingerprint density at radius 3 is 2.52 bits per heavy atom. The lowest BCUT2D eigenvalue weighted by Crippen LogP contribution is -2.41. The molecule has 0 bridgehead atoms. The molecule has 2 N–H and O–H groups in total. The number of carbonyl (C=O) groups excluding carboxylic acids is 2. The van der Waals surface area contributed by atoms with Gasteiger partial charge in [-0.1, -0.05) is 0 Å². The Morgan fingerprint density at radius 1 is 1.16 bits per heavy atom. The van der Waals surface area contributed by atoms with Crippen LogP contribution in [0.3, 0.4) is 0 Å². The molecule has 2 heterocycles. The lowest BCUT2D eigenvalue weighted by molar-refractivity contribution is -0.130. The number of carbonyl (C=O) groups is 2. The van der Waals surface area contributed by atoms with Gasteiger partial charge >= 0.3 is 0 Å². The van der Waals surface area contributed by atoms with Gasteiger partial charge < -0.3 is 15.3 Å². The minimum absolute atomic E-state index is 0.0280. The van der Waals surface area contributed by atoms with Crippen LogP contribution < -0.4 is 5.32 Å². The maximum Gasteiger partial charge on any atom is 0.251 e. The molecule has 2 saturated heterocycles. The van der Waals surface area contributed by atoms with Gasteiger partial charge in [0.15, 0.2) is 0 Å². The molecule has 2 fully saturated rings. The summed E-state index contributed by atoms with van der Waals surface area (Å²) in [6.45, 7) is 3.09. The number of likely N-dealkylation sites (tertiary alicyclic amines) is 2. The quantitative estimate of drug-likeness (QED) is 0.817. The van der Waals surface area contributed by atoms with E-state index in [0.717, 1.165) is 25.9 Å². The molecular weight excluding hydrogens is 325 g/mol. The van der Waals surface area contributed by atoms with Gasteiger partial charge in [-0.3, -0.25) is 14.5 Å². The molecular formula is C18H24FN3O3. The largest absolute Gasteiger partial charge is 0.390 e. The number of hydrogen-bond acceptors (Lipinski definition) is 4. The average Bonchev–Trinajstić information content (AvgIpc) is 3.24. The Labute approximate surface area is 146 Å². The number of rotatable bonds is 5.